The monoisotopic (exact) mass is 317 g/mol. The molecule has 1 aliphatic heterocycles. The molecule has 0 aromatic carbocycles. The summed E-state index contributed by atoms with van der Waals surface area (Å²) < 4.78 is 5.40. The molecule has 2 aliphatic rings. The number of ether oxygens (including phenoxy) is 1. The number of aromatic nitrogens is 1. The van der Waals surface area contributed by atoms with Gasteiger partial charge in [0.25, 0.3) is 5.91 Å². The molecule has 2 fully saturated rings. The summed E-state index contributed by atoms with van der Waals surface area (Å²) in [6, 6.07) is 3.99. The van der Waals surface area contributed by atoms with Gasteiger partial charge >= 0.3 is 0 Å². The van der Waals surface area contributed by atoms with E-state index in [-0.39, 0.29) is 11.9 Å². The fourth-order valence-electron chi connectivity index (χ4n) is 3.63. The quantitative estimate of drug-likeness (QED) is 0.930. The van der Waals surface area contributed by atoms with Gasteiger partial charge in [0.05, 0.1) is 18.8 Å². The number of hydrogen-bond donors (Lipinski definition) is 1. The van der Waals surface area contributed by atoms with Gasteiger partial charge in [0.15, 0.2) is 0 Å². The Morgan fingerprint density at radius 2 is 2.09 bits per heavy atom. The van der Waals surface area contributed by atoms with Crippen LogP contribution in [0.2, 0.25) is 0 Å². The molecule has 1 N–H and O–H groups in total. The Morgan fingerprint density at radius 3 is 2.87 bits per heavy atom. The van der Waals surface area contributed by atoms with Gasteiger partial charge in [-0.15, -0.1) is 0 Å². The number of nitrogens with one attached hydrogen (secondary N) is 1. The maximum atomic E-state index is 12.8. The van der Waals surface area contributed by atoms with E-state index in [2.05, 4.69) is 29.0 Å². The predicted octanol–water partition coefficient (Wildman–Crippen LogP) is 2.47. The fourth-order valence-corrected chi connectivity index (χ4v) is 3.63. The van der Waals surface area contributed by atoms with E-state index in [9.17, 15) is 4.79 Å². The first-order chi connectivity index (χ1) is 11.2. The lowest BCUT2D eigenvalue weighted by atomic mass is 9.78. The van der Waals surface area contributed by atoms with Crippen molar-refractivity contribution in [2.24, 2.45) is 11.8 Å². The molecule has 0 bridgehead atoms. The van der Waals surface area contributed by atoms with Gasteiger partial charge in [-0.05, 0) is 30.4 Å². The van der Waals surface area contributed by atoms with Crippen LogP contribution in [0.15, 0.2) is 18.3 Å². The molecule has 5 heteroatoms. The zero-order valence-electron chi connectivity index (χ0n) is 14.1. The van der Waals surface area contributed by atoms with Gasteiger partial charge in [-0.2, -0.15) is 0 Å². The highest BCUT2D eigenvalue weighted by atomic mass is 16.5. The molecule has 0 radical (unpaired) electrons. The molecular weight excluding hydrogens is 290 g/mol. The van der Waals surface area contributed by atoms with Crippen LogP contribution >= 0.6 is 0 Å². The summed E-state index contributed by atoms with van der Waals surface area (Å²) in [6.45, 7) is 7.49. The number of pyridine rings is 1. The van der Waals surface area contributed by atoms with E-state index < -0.39 is 0 Å². The van der Waals surface area contributed by atoms with Crippen molar-refractivity contribution in [1.29, 1.82) is 0 Å². The Kier molecular flexibility index (Phi) is 5.16. The lowest BCUT2D eigenvalue weighted by Crippen LogP contribution is -2.44. The van der Waals surface area contributed by atoms with Gasteiger partial charge in [0.1, 0.15) is 5.82 Å². The smallest absolute Gasteiger partial charge is 0.255 e. The van der Waals surface area contributed by atoms with E-state index in [1.807, 2.05) is 12.1 Å². The molecule has 2 heterocycles. The Hall–Kier alpha value is -1.62. The summed E-state index contributed by atoms with van der Waals surface area (Å²) in [6.07, 6.45) is 5.29. The maximum absolute atomic E-state index is 12.8. The average Bonchev–Trinajstić information content (AvgIpc) is 2.60. The summed E-state index contributed by atoms with van der Waals surface area (Å²) in [7, 11) is 0. The van der Waals surface area contributed by atoms with E-state index >= 15 is 0 Å². The summed E-state index contributed by atoms with van der Waals surface area (Å²) in [5, 5.41) is 3.26. The van der Waals surface area contributed by atoms with Gasteiger partial charge in [0.2, 0.25) is 0 Å². The molecule has 3 rings (SSSR count). The van der Waals surface area contributed by atoms with Gasteiger partial charge in [-0.3, -0.25) is 4.79 Å². The van der Waals surface area contributed by atoms with Gasteiger partial charge < -0.3 is 15.0 Å². The maximum Gasteiger partial charge on any atom is 0.255 e. The zero-order chi connectivity index (χ0) is 16.2. The molecule has 0 spiro atoms. The minimum Gasteiger partial charge on any atom is -0.378 e. The molecular formula is C18H27N3O2. The van der Waals surface area contributed by atoms with E-state index in [4.69, 9.17) is 4.74 Å². The Balaban J connectivity index is 1.74. The van der Waals surface area contributed by atoms with Crippen molar-refractivity contribution < 1.29 is 9.53 Å². The van der Waals surface area contributed by atoms with Crippen molar-refractivity contribution >= 4 is 11.7 Å². The van der Waals surface area contributed by atoms with E-state index in [0.717, 1.165) is 25.3 Å². The van der Waals surface area contributed by atoms with Crippen molar-refractivity contribution in [2.75, 3.05) is 31.2 Å². The summed E-state index contributed by atoms with van der Waals surface area (Å²) >= 11 is 0. The lowest BCUT2D eigenvalue weighted by Gasteiger charge is -2.35. The molecule has 126 valence electrons. The third-order valence-corrected chi connectivity index (χ3v) is 5.37. The third-order valence-electron chi connectivity index (χ3n) is 5.37. The van der Waals surface area contributed by atoms with Crippen LogP contribution in [0.3, 0.4) is 0 Å². The van der Waals surface area contributed by atoms with Crippen molar-refractivity contribution in [1.82, 2.24) is 10.3 Å². The third kappa shape index (κ3) is 3.66. The van der Waals surface area contributed by atoms with E-state index in [0.29, 0.717) is 30.6 Å². The highest BCUT2D eigenvalue weighted by Gasteiger charge is 2.29. The number of rotatable bonds is 3. The lowest BCUT2D eigenvalue weighted by molar-refractivity contribution is 0.0889. The van der Waals surface area contributed by atoms with Crippen LogP contribution in [0.1, 0.15) is 43.5 Å². The molecule has 1 saturated heterocycles. The molecule has 1 aromatic rings. The number of carbonyl (C=O) groups is 1. The molecule has 1 aromatic heterocycles. The highest BCUT2D eigenvalue weighted by Crippen LogP contribution is 2.30. The molecule has 23 heavy (non-hydrogen) atoms. The largest absolute Gasteiger partial charge is 0.378 e. The van der Waals surface area contributed by atoms with Crippen LogP contribution in [0, 0.1) is 11.8 Å². The first kappa shape index (κ1) is 16.2. The molecule has 3 atom stereocenters. The van der Waals surface area contributed by atoms with Crippen molar-refractivity contribution in [2.45, 2.75) is 39.2 Å². The summed E-state index contributed by atoms with van der Waals surface area (Å²) in [5.41, 5.74) is 0.680. The first-order valence-electron chi connectivity index (χ1n) is 8.75. The molecule has 5 nitrogen and oxygen atoms in total. The normalized spacial score (nSPS) is 28.4. The van der Waals surface area contributed by atoms with Crippen LogP contribution < -0.4 is 10.2 Å². The Bertz CT molecular complexity index is 543. The van der Waals surface area contributed by atoms with Crippen LogP contribution in [0.5, 0.6) is 0 Å². The number of amides is 1. The van der Waals surface area contributed by atoms with E-state index in [1.54, 1.807) is 6.20 Å². The highest BCUT2D eigenvalue weighted by molar-refractivity contribution is 5.99. The van der Waals surface area contributed by atoms with Gasteiger partial charge in [-0.25, -0.2) is 4.98 Å². The second kappa shape index (κ2) is 7.30. The van der Waals surface area contributed by atoms with Gasteiger partial charge in [0, 0.05) is 25.3 Å². The second-order valence-corrected chi connectivity index (χ2v) is 6.82. The number of morpholine rings is 1. The summed E-state index contributed by atoms with van der Waals surface area (Å²) in [4.78, 5) is 19.4. The number of nitrogens with zero attached hydrogens (tertiary/aromatic N) is 2. The van der Waals surface area contributed by atoms with Crippen LogP contribution in [0.25, 0.3) is 0 Å². The number of hydrogen-bond acceptors (Lipinski definition) is 4. The Morgan fingerprint density at radius 1 is 1.30 bits per heavy atom. The molecule has 3 unspecified atom stereocenters. The van der Waals surface area contributed by atoms with Crippen LogP contribution in [0.4, 0.5) is 5.82 Å². The van der Waals surface area contributed by atoms with Crippen LogP contribution in [-0.2, 0) is 4.74 Å². The van der Waals surface area contributed by atoms with Crippen molar-refractivity contribution in [3.63, 3.8) is 0 Å². The molecule has 1 amide bonds. The van der Waals surface area contributed by atoms with E-state index in [1.165, 1.54) is 12.8 Å². The first-order valence-corrected chi connectivity index (χ1v) is 8.75. The Labute approximate surface area is 138 Å². The van der Waals surface area contributed by atoms with Crippen LogP contribution in [-0.4, -0.2) is 43.2 Å². The second-order valence-electron chi connectivity index (χ2n) is 6.82. The minimum atomic E-state index is 0.00513. The number of anilines is 1. The predicted molar refractivity (Wildman–Crippen MR) is 90.7 cm³/mol. The van der Waals surface area contributed by atoms with Crippen molar-refractivity contribution in [3.8, 4) is 0 Å². The SMILES string of the molecule is CC1CCCC(NC(=O)c2cccnc2N2CCOCC2)C1C. The van der Waals surface area contributed by atoms with Gasteiger partial charge in [-0.1, -0.05) is 26.7 Å². The number of carbonyl (C=O) groups excluding carboxylic acids is 1. The average molecular weight is 317 g/mol. The summed E-state index contributed by atoms with van der Waals surface area (Å²) in [5.74, 6) is 1.98. The van der Waals surface area contributed by atoms with Crippen molar-refractivity contribution in [3.05, 3.63) is 23.9 Å². The molecule has 1 saturated carbocycles. The minimum absolute atomic E-state index is 0.00513. The zero-order valence-corrected chi connectivity index (χ0v) is 14.1. The topological polar surface area (TPSA) is 54.5 Å². The standard InChI is InChI=1S/C18H27N3O2/c1-13-5-3-7-16(14(13)2)20-18(22)15-6-4-8-19-17(15)21-9-11-23-12-10-21/h4,6,8,13-14,16H,3,5,7,9-12H2,1-2H3,(H,20,22). The fraction of sp³-hybridized carbons (Fsp3) is 0.667. The molecule has 1 aliphatic carbocycles.